The summed E-state index contributed by atoms with van der Waals surface area (Å²) in [6, 6.07) is 0. The highest BCUT2D eigenvalue weighted by atomic mass is 35.5. The fourth-order valence-corrected chi connectivity index (χ4v) is 3.09. The van der Waals surface area contributed by atoms with Crippen molar-refractivity contribution in [3.05, 3.63) is 28.3 Å². The normalized spacial score (nSPS) is 20.7. The van der Waals surface area contributed by atoms with Crippen molar-refractivity contribution in [2.75, 3.05) is 11.8 Å². The Bertz CT molecular complexity index is 789. The topological polar surface area (TPSA) is 65.0 Å². The van der Waals surface area contributed by atoms with Gasteiger partial charge in [0.05, 0.1) is 5.88 Å². The summed E-state index contributed by atoms with van der Waals surface area (Å²) in [5, 5.41) is 1.46. The van der Waals surface area contributed by atoms with E-state index >= 15 is 0 Å². The Morgan fingerprint density at radius 2 is 1.75 bits per heavy atom. The molecule has 1 heterocycles. The van der Waals surface area contributed by atoms with Gasteiger partial charge >= 0.3 is 0 Å². The second-order valence-corrected chi connectivity index (χ2v) is 7.69. The van der Waals surface area contributed by atoms with E-state index in [1.807, 2.05) is 0 Å². The fraction of sp³-hybridized carbons (Fsp3) is 0.417. The molecule has 2 rings (SSSR count). The van der Waals surface area contributed by atoms with Crippen LogP contribution in [0.3, 0.4) is 0 Å². The summed E-state index contributed by atoms with van der Waals surface area (Å²) in [6.45, 7) is 1.50. The minimum Gasteiger partial charge on any atom is -0.471 e. The maximum atomic E-state index is 13.6. The molecule has 0 N–H and O–H groups in total. The molecular formula is C12H9Cl2F4NO4S. The van der Waals surface area contributed by atoms with Gasteiger partial charge in [0.25, 0.3) is 0 Å². The second kappa shape index (κ2) is 6.57. The van der Waals surface area contributed by atoms with E-state index in [9.17, 15) is 26.0 Å². The average molecular weight is 410 g/mol. The molecule has 0 aliphatic carbocycles. The summed E-state index contributed by atoms with van der Waals surface area (Å²) in [5.74, 6) is -10.6. The summed E-state index contributed by atoms with van der Waals surface area (Å²) in [7, 11) is -4.28. The number of alkyl halides is 1. The van der Waals surface area contributed by atoms with Crippen molar-refractivity contribution in [3.63, 3.8) is 0 Å². The van der Waals surface area contributed by atoms with E-state index in [1.54, 1.807) is 0 Å². The number of halogens is 6. The zero-order valence-electron chi connectivity index (χ0n) is 11.9. The number of rotatable bonds is 4. The van der Waals surface area contributed by atoms with Gasteiger partial charge in [0.1, 0.15) is 5.02 Å². The molecule has 0 aromatic heterocycles. The van der Waals surface area contributed by atoms with Crippen molar-refractivity contribution in [1.29, 1.82) is 0 Å². The lowest BCUT2D eigenvalue weighted by Crippen LogP contribution is -2.30. The lowest BCUT2D eigenvalue weighted by Gasteiger charge is -2.16. The van der Waals surface area contributed by atoms with E-state index in [2.05, 4.69) is 9.89 Å². The minimum absolute atomic E-state index is 0.0623. The number of hydrogen-bond acceptors (Lipinski definition) is 5. The first-order valence-electron chi connectivity index (χ1n) is 6.20. The molecular weight excluding hydrogens is 401 g/mol. The molecule has 1 aromatic carbocycles. The maximum Gasteiger partial charge on any atom is 0.230 e. The lowest BCUT2D eigenvalue weighted by molar-refractivity contribution is 0.0152. The molecule has 0 radical (unpaired) electrons. The quantitative estimate of drug-likeness (QED) is 0.331. The molecule has 0 spiro atoms. The molecule has 0 fully saturated rings. The summed E-state index contributed by atoms with van der Waals surface area (Å²) in [5.41, 5.74) is -1.06. The van der Waals surface area contributed by atoms with Gasteiger partial charge in [-0.3, -0.25) is 0 Å². The van der Waals surface area contributed by atoms with Crippen LogP contribution in [0.15, 0.2) is 5.16 Å². The van der Waals surface area contributed by atoms with Gasteiger partial charge in [0.2, 0.25) is 21.5 Å². The Morgan fingerprint density at radius 3 is 2.21 bits per heavy atom. The summed E-state index contributed by atoms with van der Waals surface area (Å²) in [6.07, 6.45) is -0.198. The Balaban J connectivity index is 2.23. The van der Waals surface area contributed by atoms with E-state index in [-0.39, 0.29) is 12.3 Å². The molecule has 134 valence electrons. The van der Waals surface area contributed by atoms with Crippen molar-refractivity contribution in [1.82, 2.24) is 0 Å². The molecule has 1 aliphatic heterocycles. The second-order valence-electron chi connectivity index (χ2n) is 5.11. The van der Waals surface area contributed by atoms with Crippen molar-refractivity contribution in [3.8, 4) is 5.75 Å². The van der Waals surface area contributed by atoms with E-state index in [0.717, 1.165) is 0 Å². The predicted octanol–water partition coefficient (Wildman–Crippen LogP) is 3.38. The van der Waals surface area contributed by atoms with Crippen molar-refractivity contribution in [2.45, 2.75) is 18.9 Å². The van der Waals surface area contributed by atoms with E-state index in [4.69, 9.17) is 28.0 Å². The third-order valence-corrected chi connectivity index (χ3v) is 5.32. The largest absolute Gasteiger partial charge is 0.471 e. The van der Waals surface area contributed by atoms with Crippen LogP contribution in [0.25, 0.3) is 0 Å². The number of benzene rings is 1. The molecule has 24 heavy (non-hydrogen) atoms. The first-order chi connectivity index (χ1) is 11.0. The number of sulfone groups is 1. The van der Waals surface area contributed by atoms with Crippen molar-refractivity contribution >= 4 is 38.1 Å². The third-order valence-electron chi connectivity index (χ3n) is 3.06. The van der Waals surface area contributed by atoms with Crippen molar-refractivity contribution < 1.29 is 35.6 Å². The Kier molecular flexibility index (Phi) is 5.22. The van der Waals surface area contributed by atoms with Gasteiger partial charge in [-0.15, -0.1) is 11.6 Å². The first kappa shape index (κ1) is 19.1. The highest BCUT2D eigenvalue weighted by molar-refractivity contribution is 8.06. The highest BCUT2D eigenvalue weighted by Crippen LogP contribution is 2.33. The Hall–Kier alpha value is -1.26. The van der Waals surface area contributed by atoms with Crippen LogP contribution in [-0.2, 0) is 14.7 Å². The highest BCUT2D eigenvalue weighted by Gasteiger charge is 2.39. The van der Waals surface area contributed by atoms with Gasteiger partial charge < -0.3 is 9.57 Å². The van der Waals surface area contributed by atoms with E-state index < -0.39 is 60.5 Å². The zero-order valence-corrected chi connectivity index (χ0v) is 14.2. The van der Waals surface area contributed by atoms with Crippen LogP contribution < -0.4 is 4.74 Å². The molecule has 0 bridgehead atoms. The van der Waals surface area contributed by atoms with Crippen LogP contribution in [0.2, 0.25) is 5.02 Å². The van der Waals surface area contributed by atoms with Crippen LogP contribution in [-0.4, -0.2) is 30.9 Å². The Morgan fingerprint density at radius 1 is 1.21 bits per heavy atom. The van der Waals surface area contributed by atoms with Crippen LogP contribution in [0, 0.1) is 23.3 Å². The standard InChI is InChI=1S/C12H9Cl2F4NO4S/c1-12(3-13)2-5(19-23-12)24(20,21)4-22-11-9(17)7(15)6(14)8(16)10(11)18/h2-4H2,1H3. The minimum atomic E-state index is -4.28. The maximum absolute atomic E-state index is 13.6. The molecule has 1 unspecified atom stereocenters. The van der Waals surface area contributed by atoms with Crippen LogP contribution in [0.5, 0.6) is 5.75 Å². The van der Waals surface area contributed by atoms with Gasteiger partial charge in [0.15, 0.2) is 34.0 Å². The van der Waals surface area contributed by atoms with E-state index in [1.165, 1.54) is 6.92 Å². The molecule has 1 aromatic rings. The summed E-state index contributed by atoms with van der Waals surface area (Å²) in [4.78, 5) is 4.88. The summed E-state index contributed by atoms with van der Waals surface area (Å²) < 4.78 is 82.2. The van der Waals surface area contributed by atoms with Gasteiger partial charge in [-0.05, 0) is 6.92 Å². The van der Waals surface area contributed by atoms with Crippen LogP contribution in [0.1, 0.15) is 13.3 Å². The van der Waals surface area contributed by atoms with Gasteiger partial charge in [0, 0.05) is 6.42 Å². The van der Waals surface area contributed by atoms with Gasteiger partial charge in [-0.1, -0.05) is 16.8 Å². The molecule has 12 heteroatoms. The molecule has 1 atom stereocenters. The number of nitrogens with zero attached hydrogens (tertiary/aromatic N) is 1. The number of oxime groups is 1. The molecule has 5 nitrogen and oxygen atoms in total. The zero-order chi connectivity index (χ0) is 18.3. The van der Waals surface area contributed by atoms with Gasteiger partial charge in [-0.25, -0.2) is 17.2 Å². The third kappa shape index (κ3) is 3.40. The van der Waals surface area contributed by atoms with Gasteiger partial charge in [-0.2, -0.15) is 8.78 Å². The average Bonchev–Trinajstić information content (AvgIpc) is 2.95. The molecule has 0 amide bonds. The Labute approximate surface area is 144 Å². The molecule has 0 saturated carbocycles. The van der Waals surface area contributed by atoms with E-state index in [0.29, 0.717) is 0 Å². The summed E-state index contributed by atoms with van der Waals surface area (Å²) >= 11 is 10.7. The molecule has 1 aliphatic rings. The number of hydrogen-bond donors (Lipinski definition) is 0. The number of ether oxygens (including phenoxy) is 1. The lowest BCUT2D eigenvalue weighted by atomic mass is 10.1. The monoisotopic (exact) mass is 409 g/mol. The predicted molar refractivity (Wildman–Crippen MR) is 78.0 cm³/mol. The molecule has 0 saturated heterocycles. The van der Waals surface area contributed by atoms with Crippen LogP contribution in [0.4, 0.5) is 17.6 Å². The smallest absolute Gasteiger partial charge is 0.230 e. The first-order valence-corrected chi connectivity index (χ1v) is 8.77. The van der Waals surface area contributed by atoms with Crippen LogP contribution >= 0.6 is 23.2 Å². The SMILES string of the molecule is CC1(CCl)CC(S(=O)(=O)COc2c(F)c(F)c(Cl)c(F)c2F)=NO1. The fourth-order valence-electron chi connectivity index (χ4n) is 1.70. The van der Waals surface area contributed by atoms with Crippen molar-refractivity contribution in [2.24, 2.45) is 5.16 Å².